The van der Waals surface area contributed by atoms with E-state index in [0.717, 1.165) is 5.69 Å². The molecule has 0 unspecified atom stereocenters. The minimum absolute atomic E-state index is 0. The molecule has 0 aliphatic heterocycles. The number of carbonyl (C=O) groups is 2. The van der Waals surface area contributed by atoms with Crippen LogP contribution < -0.4 is 20.3 Å². The molecular weight excluding hydrogens is 562 g/mol. The molecule has 13 heteroatoms. The second-order valence-corrected chi connectivity index (χ2v) is 8.42. The Kier molecular flexibility index (Phi) is 10.8. The molecule has 0 atom stereocenters. The van der Waals surface area contributed by atoms with Crippen LogP contribution >= 0.6 is 48.0 Å². The molecule has 3 amide bonds. The van der Waals surface area contributed by atoms with Crippen molar-refractivity contribution >= 4 is 77.0 Å². The number of urea groups is 1. The third-order valence-electron chi connectivity index (χ3n) is 5.16. The maximum Gasteiger partial charge on any atom is 0.319 e. The molecule has 9 nitrogen and oxygen atoms in total. The van der Waals surface area contributed by atoms with Gasteiger partial charge in [0, 0.05) is 36.2 Å². The standard InChI is InChI=1S/C24H22Cl2N6O3.2ClH/c1-15-13-32-10-4-6-20(23(32)29-15)35-14-17-18(25)7-8-19(22(17)26)31(2)21(33)12-28-24(34)30-16-5-3-9-27-11-16;;/h3-11,13H,12,14H2,1-2H3,(H2,28,30,34);2*1H. The Morgan fingerprint density at radius 2 is 1.92 bits per heavy atom. The van der Waals surface area contributed by atoms with Crippen molar-refractivity contribution in [1.82, 2.24) is 19.7 Å². The molecule has 0 radical (unpaired) electrons. The van der Waals surface area contributed by atoms with Gasteiger partial charge in [-0.25, -0.2) is 9.78 Å². The Balaban J connectivity index is 0.00000241. The SMILES string of the molecule is Cc1cn2cccc(OCc3c(Cl)ccc(N(C)C(=O)CNC(=O)Nc4cccnc4)c3Cl)c2n1.Cl.Cl. The number of carbonyl (C=O) groups excluding carboxylic acids is 2. The summed E-state index contributed by atoms with van der Waals surface area (Å²) in [5.74, 6) is 0.200. The number of aryl methyl sites for hydroxylation is 1. The van der Waals surface area contributed by atoms with Crippen LogP contribution in [-0.4, -0.2) is 39.9 Å². The van der Waals surface area contributed by atoms with Gasteiger partial charge in [-0.2, -0.15) is 0 Å². The summed E-state index contributed by atoms with van der Waals surface area (Å²) in [6.45, 7) is 1.73. The minimum atomic E-state index is -0.528. The highest BCUT2D eigenvalue weighted by atomic mass is 35.5. The van der Waals surface area contributed by atoms with E-state index < -0.39 is 6.03 Å². The van der Waals surface area contributed by atoms with Gasteiger partial charge in [-0.15, -0.1) is 24.8 Å². The fraction of sp³-hybridized carbons (Fsp3) is 0.167. The number of hydrogen-bond acceptors (Lipinski definition) is 5. The second-order valence-electron chi connectivity index (χ2n) is 7.64. The maximum absolute atomic E-state index is 12.7. The molecule has 3 heterocycles. The molecule has 4 aromatic rings. The Morgan fingerprint density at radius 1 is 1.14 bits per heavy atom. The first-order chi connectivity index (χ1) is 16.8. The first-order valence-electron chi connectivity index (χ1n) is 10.6. The van der Waals surface area contributed by atoms with Crippen molar-refractivity contribution in [2.45, 2.75) is 13.5 Å². The first-order valence-corrected chi connectivity index (χ1v) is 11.3. The Morgan fingerprint density at radius 3 is 2.65 bits per heavy atom. The second kappa shape index (κ2) is 13.3. The average Bonchev–Trinajstić information content (AvgIpc) is 3.23. The summed E-state index contributed by atoms with van der Waals surface area (Å²) >= 11 is 13.0. The lowest BCUT2D eigenvalue weighted by atomic mass is 10.2. The lowest BCUT2D eigenvalue weighted by Gasteiger charge is -2.21. The van der Waals surface area contributed by atoms with Crippen molar-refractivity contribution in [3.8, 4) is 5.75 Å². The quantitative estimate of drug-likeness (QED) is 0.296. The lowest BCUT2D eigenvalue weighted by Crippen LogP contribution is -2.40. The molecule has 4 rings (SSSR count). The van der Waals surface area contributed by atoms with Gasteiger partial charge in [-0.1, -0.05) is 23.2 Å². The van der Waals surface area contributed by atoms with E-state index in [1.807, 2.05) is 35.9 Å². The number of pyridine rings is 2. The molecule has 0 bridgehead atoms. The molecule has 0 saturated heterocycles. The van der Waals surface area contributed by atoms with Gasteiger partial charge in [0.1, 0.15) is 6.61 Å². The number of nitrogens with one attached hydrogen (secondary N) is 2. The van der Waals surface area contributed by atoms with Crippen molar-refractivity contribution in [3.63, 3.8) is 0 Å². The highest BCUT2D eigenvalue weighted by Gasteiger charge is 2.19. The van der Waals surface area contributed by atoms with Gasteiger partial charge in [0.15, 0.2) is 11.4 Å². The number of benzene rings is 1. The molecule has 0 aliphatic carbocycles. The Bertz CT molecular complexity index is 1380. The predicted octanol–water partition coefficient (Wildman–Crippen LogP) is 5.55. The molecule has 2 N–H and O–H groups in total. The van der Waals surface area contributed by atoms with Crippen molar-refractivity contribution in [2.75, 3.05) is 23.8 Å². The Labute approximate surface area is 236 Å². The number of likely N-dealkylation sites (N-methyl/N-ethyl adjacent to an activating group) is 1. The van der Waals surface area contributed by atoms with E-state index in [-0.39, 0.29) is 48.9 Å². The third kappa shape index (κ3) is 7.17. The van der Waals surface area contributed by atoms with Crippen LogP contribution in [0.5, 0.6) is 5.75 Å². The van der Waals surface area contributed by atoms with Crippen LogP contribution in [0.4, 0.5) is 16.2 Å². The number of rotatable bonds is 7. The number of halogens is 4. The third-order valence-corrected chi connectivity index (χ3v) is 5.94. The molecular formula is C24H24Cl4N6O3. The van der Waals surface area contributed by atoms with Gasteiger partial charge in [0.05, 0.1) is 34.8 Å². The van der Waals surface area contributed by atoms with E-state index >= 15 is 0 Å². The molecule has 3 aromatic heterocycles. The molecule has 0 saturated carbocycles. The van der Waals surface area contributed by atoms with Crippen molar-refractivity contribution in [2.24, 2.45) is 0 Å². The zero-order valence-electron chi connectivity index (χ0n) is 19.8. The van der Waals surface area contributed by atoms with Gasteiger partial charge in [-0.3, -0.25) is 9.78 Å². The molecule has 0 fully saturated rings. The van der Waals surface area contributed by atoms with Crippen LogP contribution in [0.3, 0.4) is 0 Å². The largest absolute Gasteiger partial charge is 0.485 e. The smallest absolute Gasteiger partial charge is 0.319 e. The van der Waals surface area contributed by atoms with E-state index in [2.05, 4.69) is 20.6 Å². The predicted molar refractivity (Wildman–Crippen MR) is 150 cm³/mol. The molecule has 0 aliphatic rings. The molecule has 196 valence electrons. The number of aromatic nitrogens is 3. The number of amides is 3. The van der Waals surface area contributed by atoms with Crippen LogP contribution in [0.2, 0.25) is 10.0 Å². The van der Waals surface area contributed by atoms with E-state index in [0.29, 0.717) is 33.4 Å². The van der Waals surface area contributed by atoms with Crippen molar-refractivity contribution in [1.29, 1.82) is 0 Å². The van der Waals surface area contributed by atoms with Gasteiger partial charge >= 0.3 is 6.03 Å². The van der Waals surface area contributed by atoms with Crippen LogP contribution in [-0.2, 0) is 11.4 Å². The summed E-state index contributed by atoms with van der Waals surface area (Å²) in [4.78, 5) is 34.5. The van der Waals surface area contributed by atoms with Crippen LogP contribution in [0, 0.1) is 6.92 Å². The van der Waals surface area contributed by atoms with Crippen molar-refractivity contribution in [3.05, 3.63) is 82.5 Å². The highest BCUT2D eigenvalue weighted by Crippen LogP contribution is 2.35. The highest BCUT2D eigenvalue weighted by molar-refractivity contribution is 6.38. The lowest BCUT2D eigenvalue weighted by molar-refractivity contribution is -0.117. The molecule has 37 heavy (non-hydrogen) atoms. The van der Waals surface area contributed by atoms with E-state index in [9.17, 15) is 9.59 Å². The summed E-state index contributed by atoms with van der Waals surface area (Å²) in [5.41, 5.74) is 3.01. The van der Waals surface area contributed by atoms with E-state index in [1.165, 1.54) is 11.1 Å². The molecule has 0 spiro atoms. The maximum atomic E-state index is 12.7. The fourth-order valence-electron chi connectivity index (χ4n) is 3.37. The van der Waals surface area contributed by atoms with E-state index in [1.54, 1.807) is 37.5 Å². The zero-order valence-corrected chi connectivity index (χ0v) is 22.9. The van der Waals surface area contributed by atoms with Crippen LogP contribution in [0.1, 0.15) is 11.3 Å². The van der Waals surface area contributed by atoms with Crippen molar-refractivity contribution < 1.29 is 14.3 Å². The number of anilines is 2. The van der Waals surface area contributed by atoms with Gasteiger partial charge in [0.25, 0.3) is 0 Å². The van der Waals surface area contributed by atoms with Gasteiger partial charge in [0.2, 0.25) is 5.91 Å². The number of fused-ring (bicyclic) bond motifs is 1. The summed E-state index contributed by atoms with van der Waals surface area (Å²) < 4.78 is 7.85. The fourth-order valence-corrected chi connectivity index (χ4v) is 3.98. The monoisotopic (exact) mass is 584 g/mol. The Hall–Kier alpha value is -3.24. The number of ether oxygens (including phenoxy) is 1. The van der Waals surface area contributed by atoms with Crippen LogP contribution in [0.25, 0.3) is 5.65 Å². The first kappa shape index (κ1) is 30.0. The summed E-state index contributed by atoms with van der Waals surface area (Å²) in [6, 6.07) is 9.80. The normalized spacial score (nSPS) is 10.2. The van der Waals surface area contributed by atoms with Gasteiger partial charge < -0.3 is 24.7 Å². The number of hydrogen-bond donors (Lipinski definition) is 2. The van der Waals surface area contributed by atoms with Gasteiger partial charge in [-0.05, 0) is 43.3 Å². The summed E-state index contributed by atoms with van der Waals surface area (Å²) in [6.07, 6.45) is 6.87. The molecule has 1 aromatic carbocycles. The summed E-state index contributed by atoms with van der Waals surface area (Å²) in [7, 11) is 1.57. The van der Waals surface area contributed by atoms with Crippen LogP contribution in [0.15, 0.2) is 61.2 Å². The summed E-state index contributed by atoms with van der Waals surface area (Å²) in [5, 5.41) is 5.80. The van der Waals surface area contributed by atoms with E-state index in [4.69, 9.17) is 27.9 Å². The minimum Gasteiger partial charge on any atom is -0.485 e. The topological polar surface area (TPSA) is 101 Å². The number of imidazole rings is 1. The average molecular weight is 586 g/mol. The zero-order chi connectivity index (χ0) is 24.9. The number of nitrogens with zero attached hydrogens (tertiary/aromatic N) is 4.